The second-order valence-electron chi connectivity index (χ2n) is 7.74. The molecule has 2 aliphatic heterocycles. The first-order valence-corrected chi connectivity index (χ1v) is 8.28. The fourth-order valence-electron chi connectivity index (χ4n) is 4.32. The van der Waals surface area contributed by atoms with Crippen molar-refractivity contribution in [3.05, 3.63) is 12.7 Å². The van der Waals surface area contributed by atoms with Gasteiger partial charge in [0.25, 0.3) is 0 Å². The number of carbonyl (C=O) groups excluding carboxylic acids is 2. The third-order valence-corrected chi connectivity index (χ3v) is 4.89. The number of nitrogens with zero attached hydrogens (tertiary/aromatic N) is 1. The SMILES string of the molecule is C=CCC1C2CCC(N2C(=O)O)C1(NC(C)=O)C(=O)NC(C)(C)C. The van der Waals surface area contributed by atoms with Crippen LogP contribution >= 0.6 is 0 Å². The lowest BCUT2D eigenvalue weighted by Gasteiger charge is -2.42. The predicted molar refractivity (Wildman–Crippen MR) is 89.4 cm³/mol. The summed E-state index contributed by atoms with van der Waals surface area (Å²) in [6.07, 6.45) is 2.35. The lowest BCUT2D eigenvalue weighted by Crippen LogP contribution is -2.70. The third-order valence-electron chi connectivity index (χ3n) is 4.89. The Labute approximate surface area is 142 Å². The maximum Gasteiger partial charge on any atom is 0.407 e. The van der Waals surface area contributed by atoms with E-state index in [-0.39, 0.29) is 23.8 Å². The van der Waals surface area contributed by atoms with Crippen LogP contribution in [-0.2, 0) is 9.59 Å². The van der Waals surface area contributed by atoms with Gasteiger partial charge in [-0.15, -0.1) is 6.58 Å². The van der Waals surface area contributed by atoms with Crippen molar-refractivity contribution in [3.63, 3.8) is 0 Å². The van der Waals surface area contributed by atoms with E-state index in [0.29, 0.717) is 19.3 Å². The van der Waals surface area contributed by atoms with Crippen LogP contribution in [0.4, 0.5) is 4.79 Å². The van der Waals surface area contributed by atoms with Gasteiger partial charge in [-0.1, -0.05) is 6.08 Å². The Balaban J connectivity index is 2.53. The number of rotatable bonds is 4. The van der Waals surface area contributed by atoms with Crippen LogP contribution in [-0.4, -0.2) is 51.1 Å². The summed E-state index contributed by atoms with van der Waals surface area (Å²) < 4.78 is 0. The highest BCUT2D eigenvalue weighted by molar-refractivity contribution is 5.94. The third kappa shape index (κ3) is 2.87. The molecule has 2 heterocycles. The highest BCUT2D eigenvalue weighted by atomic mass is 16.4. The van der Waals surface area contributed by atoms with Crippen molar-refractivity contribution in [3.8, 4) is 0 Å². The zero-order valence-corrected chi connectivity index (χ0v) is 14.8. The maximum atomic E-state index is 13.2. The molecule has 0 aromatic carbocycles. The van der Waals surface area contributed by atoms with Crippen molar-refractivity contribution >= 4 is 17.9 Å². The molecule has 2 aliphatic rings. The fraction of sp³-hybridized carbons (Fsp3) is 0.706. The number of hydrogen-bond acceptors (Lipinski definition) is 3. The van der Waals surface area contributed by atoms with Gasteiger partial charge in [-0.25, -0.2) is 4.79 Å². The highest BCUT2D eigenvalue weighted by Crippen LogP contribution is 2.50. The lowest BCUT2D eigenvalue weighted by atomic mass is 9.70. The predicted octanol–water partition coefficient (Wildman–Crippen LogP) is 1.49. The van der Waals surface area contributed by atoms with Crippen LogP contribution < -0.4 is 10.6 Å². The normalized spacial score (nSPS) is 31.7. The molecule has 7 heteroatoms. The average molecular weight is 337 g/mol. The smallest absolute Gasteiger partial charge is 0.407 e. The summed E-state index contributed by atoms with van der Waals surface area (Å²) >= 11 is 0. The minimum atomic E-state index is -1.26. The van der Waals surface area contributed by atoms with Gasteiger partial charge in [0, 0.05) is 24.4 Å². The second kappa shape index (κ2) is 6.11. The summed E-state index contributed by atoms with van der Waals surface area (Å²) in [6, 6.07) is -0.848. The maximum absolute atomic E-state index is 13.2. The quantitative estimate of drug-likeness (QED) is 0.677. The summed E-state index contributed by atoms with van der Waals surface area (Å²) in [5.41, 5.74) is -1.74. The fourth-order valence-corrected chi connectivity index (χ4v) is 4.32. The molecule has 2 bridgehead atoms. The van der Waals surface area contributed by atoms with Crippen molar-refractivity contribution in [2.45, 2.75) is 70.1 Å². The second-order valence-corrected chi connectivity index (χ2v) is 7.74. The summed E-state index contributed by atoms with van der Waals surface area (Å²) in [6.45, 7) is 10.7. The van der Waals surface area contributed by atoms with Gasteiger partial charge >= 0.3 is 6.09 Å². The van der Waals surface area contributed by atoms with Crippen LogP contribution in [0.2, 0.25) is 0 Å². The molecule has 3 N–H and O–H groups in total. The van der Waals surface area contributed by atoms with Crippen molar-refractivity contribution < 1.29 is 19.5 Å². The minimum Gasteiger partial charge on any atom is -0.465 e. The number of allylic oxidation sites excluding steroid dienone is 1. The molecule has 4 unspecified atom stereocenters. The van der Waals surface area contributed by atoms with E-state index in [1.165, 1.54) is 11.8 Å². The van der Waals surface area contributed by atoms with Crippen molar-refractivity contribution in [2.75, 3.05) is 0 Å². The van der Waals surface area contributed by atoms with Crippen LogP contribution in [0.1, 0.15) is 47.0 Å². The van der Waals surface area contributed by atoms with E-state index in [2.05, 4.69) is 17.2 Å². The lowest BCUT2D eigenvalue weighted by molar-refractivity contribution is -0.137. The number of amides is 3. The Morgan fingerprint density at radius 1 is 1.33 bits per heavy atom. The van der Waals surface area contributed by atoms with Crippen LogP contribution in [0, 0.1) is 5.92 Å². The van der Waals surface area contributed by atoms with Crippen molar-refractivity contribution in [2.24, 2.45) is 5.92 Å². The first kappa shape index (κ1) is 18.3. The number of carboxylic acid groups (broad SMARTS) is 1. The van der Waals surface area contributed by atoms with Gasteiger partial charge in [0.05, 0.1) is 6.04 Å². The molecule has 0 aromatic rings. The molecule has 0 aliphatic carbocycles. The summed E-state index contributed by atoms with van der Waals surface area (Å²) in [5, 5.41) is 15.4. The topological polar surface area (TPSA) is 98.7 Å². The molecule has 2 saturated heterocycles. The monoisotopic (exact) mass is 337 g/mol. The number of carbonyl (C=O) groups is 3. The minimum absolute atomic E-state index is 0.289. The number of fused-ring (bicyclic) bond motifs is 2. The number of hydrogen-bond donors (Lipinski definition) is 3. The zero-order valence-electron chi connectivity index (χ0n) is 14.8. The van der Waals surface area contributed by atoms with Crippen LogP contribution in [0.5, 0.6) is 0 Å². The summed E-state index contributed by atoms with van der Waals surface area (Å²) in [5.74, 6) is -0.988. The van der Waals surface area contributed by atoms with E-state index in [4.69, 9.17) is 0 Å². The van der Waals surface area contributed by atoms with Crippen LogP contribution in [0.3, 0.4) is 0 Å². The van der Waals surface area contributed by atoms with Crippen molar-refractivity contribution in [1.82, 2.24) is 15.5 Å². The van der Waals surface area contributed by atoms with Gasteiger partial charge in [-0.2, -0.15) is 0 Å². The van der Waals surface area contributed by atoms with Gasteiger partial charge in [0.15, 0.2) is 0 Å². The van der Waals surface area contributed by atoms with Crippen molar-refractivity contribution in [1.29, 1.82) is 0 Å². The summed E-state index contributed by atoms with van der Waals surface area (Å²) in [7, 11) is 0. The van der Waals surface area contributed by atoms with E-state index in [1.54, 1.807) is 6.08 Å². The van der Waals surface area contributed by atoms with Gasteiger partial charge in [0.1, 0.15) is 5.54 Å². The Kier molecular flexibility index (Phi) is 4.65. The molecule has 4 atom stereocenters. The van der Waals surface area contributed by atoms with Gasteiger partial charge in [-0.05, 0) is 40.0 Å². The first-order chi connectivity index (χ1) is 11.0. The zero-order chi connectivity index (χ0) is 18.3. The Morgan fingerprint density at radius 3 is 2.42 bits per heavy atom. The van der Waals surface area contributed by atoms with Gasteiger partial charge in [0.2, 0.25) is 11.8 Å². The molecule has 24 heavy (non-hydrogen) atoms. The Bertz CT molecular complexity index is 569. The van der Waals surface area contributed by atoms with E-state index in [0.717, 1.165) is 0 Å². The molecule has 2 rings (SSSR count). The molecular formula is C17H27N3O4. The molecule has 3 amide bonds. The van der Waals surface area contributed by atoms with Gasteiger partial charge < -0.3 is 15.7 Å². The van der Waals surface area contributed by atoms with E-state index in [1.807, 2.05) is 20.8 Å². The van der Waals surface area contributed by atoms with E-state index >= 15 is 0 Å². The first-order valence-electron chi connectivity index (χ1n) is 8.28. The molecule has 0 aromatic heterocycles. The molecule has 2 fully saturated rings. The van der Waals surface area contributed by atoms with Crippen LogP contribution in [0.15, 0.2) is 12.7 Å². The molecule has 0 saturated carbocycles. The molecule has 0 spiro atoms. The highest BCUT2D eigenvalue weighted by Gasteiger charge is 2.67. The molecule has 7 nitrogen and oxygen atoms in total. The summed E-state index contributed by atoms with van der Waals surface area (Å²) in [4.78, 5) is 38.2. The average Bonchev–Trinajstić information content (AvgIpc) is 2.93. The largest absolute Gasteiger partial charge is 0.465 e. The molecule has 134 valence electrons. The van der Waals surface area contributed by atoms with Crippen LogP contribution in [0.25, 0.3) is 0 Å². The molecule has 0 radical (unpaired) electrons. The Morgan fingerprint density at radius 2 is 1.96 bits per heavy atom. The van der Waals surface area contributed by atoms with E-state index in [9.17, 15) is 19.5 Å². The van der Waals surface area contributed by atoms with E-state index < -0.39 is 23.2 Å². The molecular weight excluding hydrogens is 310 g/mol. The standard InChI is InChI=1S/C17H27N3O4/c1-6-7-11-12-8-9-13(20(12)15(23)24)17(11,18-10(2)21)14(22)19-16(3,4)5/h6,11-13H,1,7-9H2,2-5H3,(H,18,21)(H,19,22)(H,23,24). The Hall–Kier alpha value is -2.05. The van der Waals surface area contributed by atoms with Gasteiger partial charge in [-0.3, -0.25) is 14.5 Å². The number of nitrogens with one attached hydrogen (secondary N) is 2.